The Balaban J connectivity index is 2.32. The lowest BCUT2D eigenvalue weighted by Crippen LogP contribution is -2.34. The normalized spacial score (nSPS) is 15.3. The minimum absolute atomic E-state index is 0.0151. The van der Waals surface area contributed by atoms with Crippen molar-refractivity contribution in [1.29, 1.82) is 0 Å². The molecule has 0 atom stereocenters. The van der Waals surface area contributed by atoms with Crippen LogP contribution in [-0.4, -0.2) is 40.8 Å². The molecule has 1 aliphatic rings. The van der Waals surface area contributed by atoms with Gasteiger partial charge in [-0.3, -0.25) is 9.47 Å². The number of carbonyl (C=O) groups excluding carboxylic acids is 1. The Bertz CT molecular complexity index is 707. The maximum absolute atomic E-state index is 13.2. The highest BCUT2D eigenvalue weighted by atomic mass is 32.2. The molecule has 0 saturated heterocycles. The van der Waals surface area contributed by atoms with Gasteiger partial charge < -0.3 is 4.74 Å². The molecule has 0 aromatic carbocycles. The lowest BCUT2D eigenvalue weighted by molar-refractivity contribution is 0.0214. The van der Waals surface area contributed by atoms with E-state index in [1.165, 1.54) is 4.90 Å². The summed E-state index contributed by atoms with van der Waals surface area (Å²) >= 11 is 0. The first kappa shape index (κ1) is 16.7. The lowest BCUT2D eigenvalue weighted by atomic mass is 10.2. The van der Waals surface area contributed by atoms with Gasteiger partial charge in [-0.25, -0.2) is 18.2 Å². The number of carbonyl (C=O) groups is 1. The number of hydrogen-bond donors (Lipinski definition) is 0. The van der Waals surface area contributed by atoms with Gasteiger partial charge in [-0.2, -0.15) is 8.78 Å². The molecule has 0 unspecified atom stereocenters. The minimum atomic E-state index is -3.89. The first-order valence-corrected chi connectivity index (χ1v) is 8.35. The number of amides is 1. The summed E-state index contributed by atoms with van der Waals surface area (Å²) in [4.78, 5) is 16.9. The predicted molar refractivity (Wildman–Crippen MR) is 72.1 cm³/mol. The maximum Gasteiger partial charge on any atom is 0.410 e. The Labute approximate surface area is 126 Å². The van der Waals surface area contributed by atoms with Crippen LogP contribution in [0, 0.1) is 0 Å². The van der Waals surface area contributed by atoms with Crippen LogP contribution in [0.4, 0.5) is 13.6 Å². The fourth-order valence-electron chi connectivity index (χ4n) is 2.12. The molecule has 7 nitrogen and oxygen atoms in total. The average molecular weight is 337 g/mol. The minimum Gasteiger partial charge on any atom is -0.444 e. The van der Waals surface area contributed by atoms with E-state index in [0.29, 0.717) is 4.57 Å². The Morgan fingerprint density at radius 3 is 2.36 bits per heavy atom. The van der Waals surface area contributed by atoms with Crippen molar-refractivity contribution in [2.45, 2.75) is 51.2 Å². The Morgan fingerprint density at radius 2 is 1.91 bits per heavy atom. The molecule has 2 heterocycles. The summed E-state index contributed by atoms with van der Waals surface area (Å²) in [5.41, 5.74) is -0.555. The average Bonchev–Trinajstić information content (AvgIpc) is 2.80. The summed E-state index contributed by atoms with van der Waals surface area (Å²) in [6.07, 6.45) is 0.155. The third kappa shape index (κ3) is 3.21. The SMILES string of the molecule is CC(C)(C)OC(=O)N1Cc2nc(S(C)(=O)=O)n(C(F)F)c2C1. The van der Waals surface area contributed by atoms with Gasteiger partial charge in [-0.1, -0.05) is 0 Å². The summed E-state index contributed by atoms with van der Waals surface area (Å²) in [7, 11) is -3.89. The quantitative estimate of drug-likeness (QED) is 0.824. The number of imidazole rings is 1. The number of ether oxygens (including phenoxy) is 1. The molecular weight excluding hydrogens is 320 g/mol. The summed E-state index contributed by atoms with van der Waals surface area (Å²) in [5.74, 6) is 0. The third-order valence-electron chi connectivity index (χ3n) is 2.92. The van der Waals surface area contributed by atoms with Crippen LogP contribution in [-0.2, 0) is 27.7 Å². The fourth-order valence-corrected chi connectivity index (χ4v) is 2.94. The van der Waals surface area contributed by atoms with E-state index >= 15 is 0 Å². The zero-order valence-corrected chi connectivity index (χ0v) is 13.4. The molecule has 0 saturated carbocycles. The number of aromatic nitrogens is 2. The number of sulfone groups is 1. The lowest BCUT2D eigenvalue weighted by Gasteiger charge is -2.24. The molecule has 1 amide bonds. The van der Waals surface area contributed by atoms with Crippen molar-refractivity contribution in [3.05, 3.63) is 11.4 Å². The highest BCUT2D eigenvalue weighted by molar-refractivity contribution is 7.90. The van der Waals surface area contributed by atoms with Crippen LogP contribution < -0.4 is 0 Å². The number of fused-ring (bicyclic) bond motifs is 1. The second-order valence-electron chi connectivity index (χ2n) is 6.04. The molecule has 1 aromatic rings. The summed E-state index contributed by atoms with van der Waals surface area (Å²) in [6.45, 7) is 1.78. The Morgan fingerprint density at radius 1 is 1.32 bits per heavy atom. The summed E-state index contributed by atoms with van der Waals surface area (Å²) in [6, 6.07) is 0. The van der Waals surface area contributed by atoms with Crippen molar-refractivity contribution in [1.82, 2.24) is 14.5 Å². The largest absolute Gasteiger partial charge is 0.444 e. The van der Waals surface area contributed by atoms with Gasteiger partial charge in [0, 0.05) is 6.26 Å². The molecule has 0 bridgehead atoms. The molecule has 0 radical (unpaired) electrons. The van der Waals surface area contributed by atoms with Gasteiger partial charge in [0.1, 0.15) is 5.60 Å². The van der Waals surface area contributed by atoms with E-state index in [0.717, 1.165) is 6.26 Å². The van der Waals surface area contributed by atoms with Crippen molar-refractivity contribution in [3.8, 4) is 0 Å². The predicted octanol–water partition coefficient (Wildman–Crippen LogP) is 1.93. The van der Waals surface area contributed by atoms with Crippen molar-refractivity contribution in [2.75, 3.05) is 6.26 Å². The second-order valence-corrected chi connectivity index (χ2v) is 7.95. The molecule has 1 aliphatic heterocycles. The Kier molecular flexibility index (Phi) is 3.92. The van der Waals surface area contributed by atoms with Crippen LogP contribution in [0.15, 0.2) is 5.16 Å². The molecule has 0 fully saturated rings. The fraction of sp³-hybridized carbons (Fsp3) is 0.667. The zero-order chi connectivity index (χ0) is 16.9. The van der Waals surface area contributed by atoms with Gasteiger partial charge in [0.25, 0.3) is 0 Å². The maximum atomic E-state index is 13.2. The second kappa shape index (κ2) is 5.18. The van der Waals surface area contributed by atoms with Crippen molar-refractivity contribution in [2.24, 2.45) is 0 Å². The molecule has 2 rings (SSSR count). The van der Waals surface area contributed by atoms with E-state index in [4.69, 9.17) is 4.74 Å². The van der Waals surface area contributed by atoms with E-state index in [1.807, 2.05) is 0 Å². The molecule has 10 heteroatoms. The van der Waals surface area contributed by atoms with Crippen molar-refractivity contribution in [3.63, 3.8) is 0 Å². The van der Waals surface area contributed by atoms with E-state index < -0.39 is 33.2 Å². The van der Waals surface area contributed by atoms with E-state index in [2.05, 4.69) is 4.98 Å². The van der Waals surface area contributed by atoms with Gasteiger partial charge in [0.05, 0.1) is 24.5 Å². The third-order valence-corrected chi connectivity index (χ3v) is 3.87. The molecule has 22 heavy (non-hydrogen) atoms. The number of rotatable bonds is 2. The van der Waals surface area contributed by atoms with Gasteiger partial charge in [0.15, 0.2) is 0 Å². The number of alkyl halides is 2. The van der Waals surface area contributed by atoms with Crippen LogP contribution >= 0.6 is 0 Å². The molecular formula is C12H17F2N3O4S. The summed E-state index contributed by atoms with van der Waals surface area (Å²) < 4.78 is 54.9. The first-order chi connectivity index (χ1) is 9.90. The van der Waals surface area contributed by atoms with E-state index in [-0.39, 0.29) is 24.5 Å². The zero-order valence-electron chi connectivity index (χ0n) is 12.6. The number of halogens is 2. The molecule has 0 spiro atoms. The van der Waals surface area contributed by atoms with Crippen LogP contribution in [0.25, 0.3) is 0 Å². The number of hydrogen-bond acceptors (Lipinski definition) is 5. The molecule has 0 N–H and O–H groups in total. The highest BCUT2D eigenvalue weighted by Crippen LogP contribution is 2.30. The standard InChI is InChI=1S/C12H17F2N3O4S/c1-12(2,3)21-11(18)16-5-7-8(6-16)17(9(13)14)10(15-7)22(4,19)20/h9H,5-6H2,1-4H3. The smallest absolute Gasteiger partial charge is 0.410 e. The summed E-state index contributed by atoms with van der Waals surface area (Å²) in [5, 5.41) is -0.684. The highest BCUT2D eigenvalue weighted by Gasteiger charge is 2.36. The van der Waals surface area contributed by atoms with Crippen LogP contribution in [0.3, 0.4) is 0 Å². The van der Waals surface area contributed by atoms with Gasteiger partial charge >= 0.3 is 12.6 Å². The van der Waals surface area contributed by atoms with E-state index in [9.17, 15) is 22.0 Å². The molecule has 1 aromatic heterocycles. The van der Waals surface area contributed by atoms with Crippen molar-refractivity contribution >= 4 is 15.9 Å². The first-order valence-electron chi connectivity index (χ1n) is 6.46. The van der Waals surface area contributed by atoms with Gasteiger partial charge in [-0.05, 0) is 20.8 Å². The molecule has 0 aliphatic carbocycles. The van der Waals surface area contributed by atoms with Gasteiger partial charge in [0.2, 0.25) is 15.0 Å². The van der Waals surface area contributed by atoms with Gasteiger partial charge in [-0.15, -0.1) is 0 Å². The van der Waals surface area contributed by atoms with Crippen LogP contribution in [0.2, 0.25) is 0 Å². The monoisotopic (exact) mass is 337 g/mol. The number of nitrogens with zero attached hydrogens (tertiary/aromatic N) is 3. The topological polar surface area (TPSA) is 81.5 Å². The van der Waals surface area contributed by atoms with Crippen LogP contribution in [0.1, 0.15) is 38.7 Å². The van der Waals surface area contributed by atoms with Crippen LogP contribution in [0.5, 0.6) is 0 Å². The van der Waals surface area contributed by atoms with E-state index in [1.54, 1.807) is 20.8 Å². The Hall–Kier alpha value is -1.71. The van der Waals surface area contributed by atoms with Crippen molar-refractivity contribution < 1.29 is 26.7 Å². The molecule has 124 valence electrons.